The number of anilines is 1. The van der Waals surface area contributed by atoms with Crippen LogP contribution in [0.5, 0.6) is 6.01 Å². The van der Waals surface area contributed by atoms with Crippen molar-refractivity contribution < 1.29 is 18.3 Å². The topological polar surface area (TPSA) is 131 Å². The number of nitrogens with one attached hydrogen (secondary N) is 1. The van der Waals surface area contributed by atoms with Crippen LogP contribution in [0.25, 0.3) is 33.2 Å². The fourth-order valence-electron chi connectivity index (χ4n) is 7.05. The van der Waals surface area contributed by atoms with Crippen LogP contribution in [-0.4, -0.2) is 87.6 Å². The standard InChI is InChI=1S/C35H35ClF2N8O3/c1-21(37)33(48)46-15-14-45(18-23(46)7-5-11-39)32-24-17-26(38)29(30-28-22(16-27(47)40-30)6-4-8-25(28)36)41-31(24)42-34(43-32)49-20-35(9-10-35)19-44-12-2-3-13-44/h4,6,8,16-17,23H,1-3,5,7,9-10,12-15,18-20H2,(H,40,47)/t23-/m0/s1. The van der Waals surface area contributed by atoms with Gasteiger partial charge >= 0.3 is 6.01 Å². The molecule has 14 heteroatoms. The van der Waals surface area contributed by atoms with Crippen LogP contribution in [-0.2, 0) is 4.79 Å². The summed E-state index contributed by atoms with van der Waals surface area (Å²) in [5, 5.41) is 10.9. The van der Waals surface area contributed by atoms with Gasteiger partial charge in [0.25, 0.3) is 5.91 Å². The molecule has 1 aromatic carbocycles. The number of halogens is 3. The number of piperazine rings is 1. The molecule has 1 aliphatic carbocycles. The van der Waals surface area contributed by atoms with E-state index in [0.29, 0.717) is 34.6 Å². The summed E-state index contributed by atoms with van der Waals surface area (Å²) in [5.41, 5.74) is -0.330. The second kappa shape index (κ2) is 13.3. The summed E-state index contributed by atoms with van der Waals surface area (Å²) in [6.07, 6.45) is 4.89. The Morgan fingerprint density at radius 3 is 2.69 bits per heavy atom. The fraction of sp³-hybridized carbons (Fsp3) is 0.429. The lowest BCUT2D eigenvalue weighted by Gasteiger charge is -2.41. The SMILES string of the molecule is C=C(F)C(=O)N1CCN(c2nc(OCC3(CN4CCCC4)CC3)nc3nc(-c4[nH]c(=O)cc5cccc(Cl)c45)c(F)cc23)C[C@@H]1CCC#N. The molecule has 0 radical (unpaired) electrons. The predicted octanol–water partition coefficient (Wildman–Crippen LogP) is 5.38. The fourth-order valence-corrected chi connectivity index (χ4v) is 7.32. The highest BCUT2D eigenvalue weighted by Crippen LogP contribution is 2.47. The van der Waals surface area contributed by atoms with Crippen LogP contribution >= 0.6 is 11.6 Å². The highest BCUT2D eigenvalue weighted by Gasteiger charge is 2.45. The third-order valence-electron chi connectivity index (χ3n) is 9.75. The third-order valence-corrected chi connectivity index (χ3v) is 10.1. The van der Waals surface area contributed by atoms with Crippen LogP contribution in [0.15, 0.2) is 47.5 Å². The zero-order chi connectivity index (χ0) is 34.3. The first-order chi connectivity index (χ1) is 23.6. The molecule has 49 heavy (non-hydrogen) atoms. The van der Waals surface area contributed by atoms with Crippen LogP contribution in [0.1, 0.15) is 38.5 Å². The van der Waals surface area contributed by atoms with Crippen LogP contribution in [0, 0.1) is 22.6 Å². The van der Waals surface area contributed by atoms with E-state index in [4.69, 9.17) is 21.3 Å². The average Bonchev–Trinajstić information content (AvgIpc) is 3.66. The Morgan fingerprint density at radius 2 is 1.96 bits per heavy atom. The molecule has 254 valence electrons. The molecule has 5 heterocycles. The molecule has 2 saturated heterocycles. The smallest absolute Gasteiger partial charge is 0.320 e. The molecular formula is C35H35ClF2N8O3. The lowest BCUT2D eigenvalue weighted by molar-refractivity contribution is -0.131. The predicted molar refractivity (Wildman–Crippen MR) is 182 cm³/mol. The summed E-state index contributed by atoms with van der Waals surface area (Å²) in [6, 6.07) is 9.36. The summed E-state index contributed by atoms with van der Waals surface area (Å²) in [4.78, 5) is 47.7. The first-order valence-electron chi connectivity index (χ1n) is 16.5. The maximum absolute atomic E-state index is 16.2. The van der Waals surface area contributed by atoms with Gasteiger partial charge in [0.15, 0.2) is 17.3 Å². The highest BCUT2D eigenvalue weighted by molar-refractivity contribution is 6.36. The van der Waals surface area contributed by atoms with Gasteiger partial charge in [0.1, 0.15) is 11.5 Å². The second-order valence-corrected chi connectivity index (χ2v) is 13.6. The number of nitrogens with zero attached hydrogens (tertiary/aromatic N) is 7. The van der Waals surface area contributed by atoms with Crippen molar-refractivity contribution >= 4 is 45.1 Å². The van der Waals surface area contributed by atoms with Crippen molar-refractivity contribution in [2.45, 2.75) is 44.6 Å². The quantitative estimate of drug-likeness (QED) is 0.218. The van der Waals surface area contributed by atoms with E-state index in [-0.39, 0.29) is 59.9 Å². The Kier molecular flexibility index (Phi) is 8.94. The molecule has 1 N–H and O–H groups in total. The Labute approximate surface area is 286 Å². The number of aromatic amines is 1. The number of fused-ring (bicyclic) bond motifs is 2. The molecule has 1 saturated carbocycles. The van der Waals surface area contributed by atoms with Gasteiger partial charge in [0.2, 0.25) is 5.56 Å². The zero-order valence-electron chi connectivity index (χ0n) is 26.9. The minimum atomic E-state index is -1.08. The highest BCUT2D eigenvalue weighted by atomic mass is 35.5. The number of carbonyl (C=O) groups is 1. The molecular weight excluding hydrogens is 654 g/mol. The molecule has 0 bridgehead atoms. The number of likely N-dealkylation sites (tertiary alicyclic amines) is 1. The number of amides is 1. The molecule has 11 nitrogen and oxygen atoms in total. The van der Waals surface area contributed by atoms with Crippen molar-refractivity contribution in [3.05, 3.63) is 63.9 Å². The van der Waals surface area contributed by atoms with Gasteiger partial charge in [0, 0.05) is 49.5 Å². The number of rotatable bonds is 10. The number of aromatic nitrogens is 4. The average molecular weight is 689 g/mol. The molecule has 2 aliphatic heterocycles. The molecule has 4 aromatic rings. The van der Waals surface area contributed by atoms with E-state index >= 15 is 4.39 Å². The molecule has 3 fully saturated rings. The molecule has 1 atom stereocenters. The number of ether oxygens (including phenoxy) is 1. The van der Waals surface area contributed by atoms with Crippen LogP contribution in [0.3, 0.4) is 0 Å². The lowest BCUT2D eigenvalue weighted by atomic mass is 10.0. The zero-order valence-corrected chi connectivity index (χ0v) is 27.6. The maximum Gasteiger partial charge on any atom is 0.320 e. The first-order valence-corrected chi connectivity index (χ1v) is 16.9. The number of nitriles is 1. The first kappa shape index (κ1) is 32.9. The minimum absolute atomic E-state index is 0.00648. The van der Waals surface area contributed by atoms with Gasteiger partial charge in [-0.05, 0) is 62.7 Å². The number of H-pyrrole nitrogens is 1. The number of hydrogen-bond donors (Lipinski definition) is 1. The van der Waals surface area contributed by atoms with Gasteiger partial charge in [-0.3, -0.25) is 9.59 Å². The van der Waals surface area contributed by atoms with Crippen LogP contribution in [0.2, 0.25) is 5.02 Å². The largest absolute Gasteiger partial charge is 0.463 e. The monoisotopic (exact) mass is 688 g/mol. The summed E-state index contributed by atoms with van der Waals surface area (Å²) in [5.74, 6) is -2.31. The van der Waals surface area contributed by atoms with E-state index in [2.05, 4.69) is 32.5 Å². The molecule has 0 unspecified atom stereocenters. The van der Waals surface area contributed by atoms with E-state index in [9.17, 15) is 19.2 Å². The van der Waals surface area contributed by atoms with Crippen molar-refractivity contribution in [3.8, 4) is 23.5 Å². The number of hydrogen-bond acceptors (Lipinski definition) is 9. The number of carbonyl (C=O) groups excluding carboxylic acids is 1. The van der Waals surface area contributed by atoms with E-state index < -0.39 is 29.2 Å². The Morgan fingerprint density at radius 1 is 1.16 bits per heavy atom. The molecule has 1 amide bonds. The van der Waals surface area contributed by atoms with E-state index in [1.54, 1.807) is 18.2 Å². The Balaban J connectivity index is 1.30. The van der Waals surface area contributed by atoms with Crippen LogP contribution in [0.4, 0.5) is 14.6 Å². The van der Waals surface area contributed by atoms with Gasteiger partial charge in [0.05, 0.1) is 34.8 Å². The van der Waals surface area contributed by atoms with Gasteiger partial charge in [-0.2, -0.15) is 15.2 Å². The summed E-state index contributed by atoms with van der Waals surface area (Å²) >= 11 is 6.54. The number of pyridine rings is 2. The third kappa shape index (κ3) is 6.67. The minimum Gasteiger partial charge on any atom is -0.463 e. The van der Waals surface area contributed by atoms with Crippen molar-refractivity contribution in [2.24, 2.45) is 5.41 Å². The van der Waals surface area contributed by atoms with Crippen molar-refractivity contribution in [1.29, 1.82) is 5.26 Å². The maximum atomic E-state index is 16.2. The molecule has 7 rings (SSSR count). The number of benzene rings is 1. The summed E-state index contributed by atoms with van der Waals surface area (Å²) in [6.45, 7) is 7.22. The van der Waals surface area contributed by atoms with Crippen LogP contribution < -0.4 is 15.2 Å². The van der Waals surface area contributed by atoms with Gasteiger partial charge in [-0.1, -0.05) is 30.3 Å². The normalized spacial score (nSPS) is 18.9. The van der Waals surface area contributed by atoms with Gasteiger partial charge in [-0.15, -0.1) is 0 Å². The summed E-state index contributed by atoms with van der Waals surface area (Å²) in [7, 11) is 0. The van der Waals surface area contributed by atoms with E-state index in [0.717, 1.165) is 32.5 Å². The molecule has 3 aromatic heterocycles. The van der Waals surface area contributed by atoms with E-state index in [1.165, 1.54) is 29.9 Å². The second-order valence-electron chi connectivity index (χ2n) is 13.2. The molecule has 0 spiro atoms. The van der Waals surface area contributed by atoms with E-state index in [1.807, 2.05) is 4.90 Å². The Hall–Kier alpha value is -4.67. The van der Waals surface area contributed by atoms with Gasteiger partial charge in [-0.25, -0.2) is 13.8 Å². The van der Waals surface area contributed by atoms with Crippen molar-refractivity contribution in [3.63, 3.8) is 0 Å². The van der Waals surface area contributed by atoms with Gasteiger partial charge < -0.3 is 24.4 Å². The Bertz CT molecular complexity index is 2060. The van der Waals surface area contributed by atoms with Crippen molar-refractivity contribution in [1.82, 2.24) is 29.7 Å². The lowest BCUT2D eigenvalue weighted by Crippen LogP contribution is -2.55. The molecule has 3 aliphatic rings. The van der Waals surface area contributed by atoms with Crippen molar-refractivity contribution in [2.75, 3.05) is 50.8 Å². The summed E-state index contributed by atoms with van der Waals surface area (Å²) < 4.78 is 36.4.